The number of unbranched alkanes of at least 4 members (excludes halogenated alkanes) is 12. The predicted octanol–water partition coefficient (Wildman–Crippen LogP) is 8.39. The Bertz CT molecular complexity index is 335. The van der Waals surface area contributed by atoms with Crippen molar-refractivity contribution in [1.29, 1.82) is 0 Å². The van der Waals surface area contributed by atoms with Gasteiger partial charge in [0.05, 0.1) is 6.61 Å². The summed E-state index contributed by atoms with van der Waals surface area (Å²) in [5.41, 5.74) is 0. The van der Waals surface area contributed by atoms with Crippen molar-refractivity contribution in [3.63, 3.8) is 0 Å². The van der Waals surface area contributed by atoms with Gasteiger partial charge in [-0.3, -0.25) is 4.79 Å². The molecule has 0 fully saturated rings. The topological polar surface area (TPSA) is 26.3 Å². The highest BCUT2D eigenvalue weighted by molar-refractivity contribution is 5.69. The molecule has 0 saturated heterocycles. The molecular formula is C25H48O2. The normalized spacial score (nSPS) is 12.6. The molecule has 2 heteroatoms. The average molecular weight is 381 g/mol. The molecule has 0 spiro atoms. The molecule has 2 nitrogen and oxygen atoms in total. The first-order valence-electron chi connectivity index (χ1n) is 12.0. The van der Waals surface area contributed by atoms with Gasteiger partial charge in [0.25, 0.3) is 0 Å². The number of ether oxygens (including phenoxy) is 1. The number of hydrogen-bond donors (Lipinski definition) is 0. The first-order valence-corrected chi connectivity index (χ1v) is 12.0. The van der Waals surface area contributed by atoms with Crippen LogP contribution in [-0.2, 0) is 9.53 Å². The van der Waals surface area contributed by atoms with E-state index in [1.54, 1.807) is 0 Å². The smallest absolute Gasteiger partial charge is 0.305 e. The lowest BCUT2D eigenvalue weighted by atomic mass is 10.1. The van der Waals surface area contributed by atoms with Crippen LogP contribution in [0.2, 0.25) is 0 Å². The Balaban J connectivity index is 3.27. The van der Waals surface area contributed by atoms with Gasteiger partial charge in [-0.2, -0.15) is 0 Å². The summed E-state index contributed by atoms with van der Waals surface area (Å²) in [5, 5.41) is 0. The average Bonchev–Trinajstić information content (AvgIpc) is 2.67. The predicted molar refractivity (Wildman–Crippen MR) is 119 cm³/mol. The van der Waals surface area contributed by atoms with E-state index >= 15 is 0 Å². The lowest BCUT2D eigenvalue weighted by Gasteiger charge is -2.11. The molecule has 0 aromatic heterocycles. The molecule has 0 radical (unpaired) electrons. The molecule has 0 aliphatic heterocycles. The molecule has 0 aliphatic carbocycles. The molecular weight excluding hydrogens is 332 g/mol. The van der Waals surface area contributed by atoms with Crippen molar-refractivity contribution in [3.8, 4) is 0 Å². The maximum atomic E-state index is 11.7. The van der Waals surface area contributed by atoms with Gasteiger partial charge >= 0.3 is 5.97 Å². The van der Waals surface area contributed by atoms with Crippen molar-refractivity contribution in [1.82, 2.24) is 0 Å². The van der Waals surface area contributed by atoms with Gasteiger partial charge < -0.3 is 4.74 Å². The lowest BCUT2D eigenvalue weighted by molar-refractivity contribution is -0.145. The van der Waals surface area contributed by atoms with E-state index in [0.29, 0.717) is 18.9 Å². The summed E-state index contributed by atoms with van der Waals surface area (Å²) in [5.74, 6) is 0.499. The van der Waals surface area contributed by atoms with E-state index in [9.17, 15) is 4.79 Å². The highest BCUT2D eigenvalue weighted by Gasteiger charge is 2.06. The quantitative estimate of drug-likeness (QED) is 0.120. The molecule has 0 aliphatic rings. The Hall–Kier alpha value is -0.790. The minimum Gasteiger partial charge on any atom is -0.465 e. The number of carbonyl (C=O) groups excluding carboxylic acids is 1. The monoisotopic (exact) mass is 380 g/mol. The summed E-state index contributed by atoms with van der Waals surface area (Å²) in [6.07, 6.45) is 25.7. The summed E-state index contributed by atoms with van der Waals surface area (Å²) in [6, 6.07) is 0. The Morgan fingerprint density at radius 1 is 0.741 bits per heavy atom. The van der Waals surface area contributed by atoms with E-state index in [0.717, 1.165) is 19.3 Å². The maximum absolute atomic E-state index is 11.7. The van der Waals surface area contributed by atoms with Crippen molar-refractivity contribution in [3.05, 3.63) is 12.2 Å². The number of rotatable bonds is 20. The van der Waals surface area contributed by atoms with Crippen LogP contribution < -0.4 is 0 Å². The maximum Gasteiger partial charge on any atom is 0.305 e. The van der Waals surface area contributed by atoms with Gasteiger partial charge in [0.15, 0.2) is 0 Å². The molecule has 0 saturated carbocycles. The zero-order chi connectivity index (χ0) is 20.0. The number of esters is 1. The third kappa shape index (κ3) is 21.4. The van der Waals surface area contributed by atoms with Gasteiger partial charge in [-0.05, 0) is 44.4 Å². The van der Waals surface area contributed by atoms with Crippen molar-refractivity contribution < 1.29 is 9.53 Å². The van der Waals surface area contributed by atoms with Crippen LogP contribution in [0.4, 0.5) is 0 Å². The molecule has 0 rings (SSSR count). The van der Waals surface area contributed by atoms with Gasteiger partial charge in [-0.1, -0.05) is 97.1 Å². The second kappa shape index (κ2) is 21.5. The molecule has 0 heterocycles. The summed E-state index contributed by atoms with van der Waals surface area (Å²) in [7, 11) is 0. The minimum absolute atomic E-state index is 0.00373. The molecule has 0 aromatic rings. The largest absolute Gasteiger partial charge is 0.465 e. The highest BCUT2D eigenvalue weighted by Crippen LogP contribution is 2.11. The Labute approximate surface area is 170 Å². The highest BCUT2D eigenvalue weighted by atomic mass is 16.5. The SMILES string of the molecule is CCCCCCCC/C=C\CCCCCCCC(=O)OCC(C)CCCC. The Morgan fingerprint density at radius 2 is 1.26 bits per heavy atom. The fraction of sp³-hybridized carbons (Fsp3) is 0.880. The third-order valence-electron chi connectivity index (χ3n) is 5.22. The lowest BCUT2D eigenvalue weighted by Crippen LogP contribution is -2.11. The Morgan fingerprint density at radius 3 is 1.85 bits per heavy atom. The van der Waals surface area contributed by atoms with Crippen molar-refractivity contribution >= 4 is 5.97 Å². The molecule has 0 bridgehead atoms. The molecule has 1 unspecified atom stereocenters. The van der Waals surface area contributed by atoms with E-state index in [4.69, 9.17) is 4.74 Å². The number of hydrogen-bond acceptors (Lipinski definition) is 2. The van der Waals surface area contributed by atoms with Crippen molar-refractivity contribution in [2.45, 2.75) is 130 Å². The molecule has 27 heavy (non-hydrogen) atoms. The van der Waals surface area contributed by atoms with Crippen LogP contribution in [0.1, 0.15) is 130 Å². The zero-order valence-electron chi connectivity index (χ0n) is 18.8. The van der Waals surface area contributed by atoms with Crippen LogP contribution in [-0.4, -0.2) is 12.6 Å². The summed E-state index contributed by atoms with van der Waals surface area (Å²) < 4.78 is 5.37. The van der Waals surface area contributed by atoms with E-state index in [1.165, 1.54) is 83.5 Å². The fourth-order valence-electron chi connectivity index (χ4n) is 3.28. The molecule has 0 amide bonds. The van der Waals surface area contributed by atoms with Crippen molar-refractivity contribution in [2.24, 2.45) is 5.92 Å². The second-order valence-electron chi connectivity index (χ2n) is 8.26. The van der Waals surface area contributed by atoms with Gasteiger partial charge in [0, 0.05) is 6.42 Å². The van der Waals surface area contributed by atoms with E-state index in [2.05, 4.69) is 32.9 Å². The van der Waals surface area contributed by atoms with Crippen LogP contribution in [0.3, 0.4) is 0 Å². The molecule has 160 valence electrons. The number of carbonyl (C=O) groups is 1. The van der Waals surface area contributed by atoms with E-state index in [-0.39, 0.29) is 5.97 Å². The van der Waals surface area contributed by atoms with Gasteiger partial charge in [0.1, 0.15) is 0 Å². The van der Waals surface area contributed by atoms with Crippen molar-refractivity contribution in [2.75, 3.05) is 6.61 Å². The van der Waals surface area contributed by atoms with Crippen LogP contribution in [0.15, 0.2) is 12.2 Å². The second-order valence-corrected chi connectivity index (χ2v) is 8.26. The van der Waals surface area contributed by atoms with Crippen LogP contribution in [0.5, 0.6) is 0 Å². The zero-order valence-corrected chi connectivity index (χ0v) is 18.8. The third-order valence-corrected chi connectivity index (χ3v) is 5.22. The summed E-state index contributed by atoms with van der Waals surface area (Å²) in [4.78, 5) is 11.7. The van der Waals surface area contributed by atoms with Gasteiger partial charge in [-0.15, -0.1) is 0 Å². The standard InChI is InChI=1S/C25H48O2/c1-4-6-8-9-10-11-12-13-14-15-16-17-18-19-20-22-25(26)27-23-24(3)21-7-5-2/h13-14,24H,4-12,15-23H2,1-3H3/b14-13-. The molecule has 1 atom stereocenters. The fourth-order valence-corrected chi connectivity index (χ4v) is 3.28. The van der Waals surface area contributed by atoms with E-state index < -0.39 is 0 Å². The first kappa shape index (κ1) is 26.2. The first-order chi connectivity index (χ1) is 13.2. The summed E-state index contributed by atoms with van der Waals surface area (Å²) >= 11 is 0. The molecule has 0 N–H and O–H groups in total. The van der Waals surface area contributed by atoms with E-state index in [1.807, 2.05) is 0 Å². The van der Waals surface area contributed by atoms with Gasteiger partial charge in [0.2, 0.25) is 0 Å². The van der Waals surface area contributed by atoms with Crippen LogP contribution in [0.25, 0.3) is 0 Å². The van der Waals surface area contributed by atoms with Crippen LogP contribution in [0, 0.1) is 5.92 Å². The molecule has 0 aromatic carbocycles. The number of allylic oxidation sites excluding steroid dienone is 2. The van der Waals surface area contributed by atoms with Crippen LogP contribution >= 0.6 is 0 Å². The van der Waals surface area contributed by atoms with Gasteiger partial charge in [-0.25, -0.2) is 0 Å². The summed E-state index contributed by atoms with van der Waals surface area (Å²) in [6.45, 7) is 7.24. The minimum atomic E-state index is -0.00373. The Kier molecular flexibility index (Phi) is 20.9.